The van der Waals surface area contributed by atoms with E-state index in [-0.39, 0.29) is 25.7 Å². The number of phosphoric acid groups is 1. The third kappa shape index (κ3) is 6.52. The average molecular weight is 404 g/mol. The number of phosphoric ester groups is 1. The molecule has 7 unspecified atom stereocenters. The number of hydrogen-bond donors (Lipinski definition) is 1. The highest BCUT2D eigenvalue weighted by atomic mass is 31.2. The molecule has 2 saturated heterocycles. The van der Waals surface area contributed by atoms with Crippen molar-refractivity contribution in [3.63, 3.8) is 0 Å². The fourth-order valence-corrected chi connectivity index (χ4v) is 4.27. The zero-order valence-corrected chi connectivity index (χ0v) is 16.9. The molecule has 2 aliphatic rings. The van der Waals surface area contributed by atoms with Gasteiger partial charge >= 0.3 is 7.82 Å². The fourth-order valence-electron chi connectivity index (χ4n) is 3.09. The Morgan fingerprint density at radius 3 is 2.41 bits per heavy atom. The second kappa shape index (κ2) is 10.2. The molecule has 0 aliphatic carbocycles. The summed E-state index contributed by atoms with van der Waals surface area (Å²) in [6, 6.07) is -1.44. The zero-order chi connectivity index (χ0) is 20.2. The van der Waals surface area contributed by atoms with Crippen LogP contribution in [0.1, 0.15) is 20.3 Å². The predicted molar refractivity (Wildman–Crippen MR) is 96.8 cm³/mol. The van der Waals surface area contributed by atoms with Crippen LogP contribution in [0.4, 0.5) is 0 Å². The van der Waals surface area contributed by atoms with Crippen molar-refractivity contribution >= 4 is 23.5 Å². The number of rotatable bonds is 10. The zero-order valence-electron chi connectivity index (χ0n) is 16.1. The van der Waals surface area contributed by atoms with Crippen LogP contribution >= 0.6 is 7.82 Å². The molecule has 0 amide bonds. The smallest absolute Gasteiger partial charge is 0.382 e. The van der Waals surface area contributed by atoms with Crippen LogP contribution in [0.5, 0.6) is 0 Å². The fraction of sp³-hybridized carbons (Fsp3) is 1.00. The normalized spacial score (nSPS) is 39.1. The monoisotopic (exact) mass is 404 g/mol. The Morgan fingerprint density at radius 1 is 1.11 bits per heavy atom. The maximum atomic E-state index is 12.6. The SMILES string of the molecule is [B]C1CC(OP(=O)(O)OC2C(COC(C)C)OC([B])[C@@H]2OC)C(COC)O1. The van der Waals surface area contributed by atoms with E-state index in [9.17, 15) is 9.46 Å². The van der Waals surface area contributed by atoms with Crippen LogP contribution in [-0.4, -0.2) is 96.6 Å². The summed E-state index contributed by atoms with van der Waals surface area (Å²) in [5, 5.41) is 0. The van der Waals surface area contributed by atoms with E-state index in [1.165, 1.54) is 14.2 Å². The molecule has 1 N–H and O–H groups in total. The lowest BCUT2D eigenvalue weighted by Crippen LogP contribution is -2.39. The first-order valence-corrected chi connectivity index (χ1v) is 10.3. The summed E-state index contributed by atoms with van der Waals surface area (Å²) in [6.07, 6.45) is -3.55. The van der Waals surface area contributed by atoms with Gasteiger partial charge in [-0.15, -0.1) is 0 Å². The van der Waals surface area contributed by atoms with E-state index in [1.54, 1.807) is 0 Å². The molecule has 8 atom stereocenters. The molecule has 2 rings (SSSR count). The van der Waals surface area contributed by atoms with Gasteiger partial charge < -0.3 is 28.6 Å². The van der Waals surface area contributed by atoms with Gasteiger partial charge in [-0.3, -0.25) is 9.05 Å². The van der Waals surface area contributed by atoms with Gasteiger partial charge in [-0.25, -0.2) is 4.57 Å². The van der Waals surface area contributed by atoms with Gasteiger partial charge in [0.05, 0.1) is 25.4 Å². The Balaban J connectivity index is 2.04. The van der Waals surface area contributed by atoms with E-state index in [0.29, 0.717) is 0 Å². The highest BCUT2D eigenvalue weighted by Crippen LogP contribution is 2.50. The van der Waals surface area contributed by atoms with Crippen molar-refractivity contribution in [2.75, 3.05) is 27.4 Å². The summed E-state index contributed by atoms with van der Waals surface area (Å²) in [7, 11) is 10.0. The summed E-state index contributed by atoms with van der Waals surface area (Å²) >= 11 is 0. The largest absolute Gasteiger partial charge is 0.473 e. The molecule has 9 nitrogen and oxygen atoms in total. The number of ether oxygens (including phenoxy) is 5. The standard InChI is InChI=1S/C15H27B2O9P/c1-8(2)22-7-11-13(14(21-4)15(17)24-11)26-27(18,19)25-9-5-12(16)23-10(9)6-20-3/h8-15H,5-7H2,1-4H3,(H,18,19)/t9?,10?,11?,12?,13?,14-,15?/m1/s1. The first kappa shape index (κ1) is 23.3. The molecule has 0 spiro atoms. The molecule has 27 heavy (non-hydrogen) atoms. The highest BCUT2D eigenvalue weighted by molar-refractivity contribution is 7.47. The first-order valence-electron chi connectivity index (χ1n) is 8.81. The molecule has 0 saturated carbocycles. The number of hydrogen-bond acceptors (Lipinski definition) is 8. The maximum Gasteiger partial charge on any atom is 0.473 e. The van der Waals surface area contributed by atoms with Gasteiger partial charge in [0.2, 0.25) is 0 Å². The second-order valence-corrected chi connectivity index (χ2v) is 8.17. The molecule has 0 aromatic carbocycles. The van der Waals surface area contributed by atoms with Crippen LogP contribution in [0.3, 0.4) is 0 Å². The predicted octanol–water partition coefficient (Wildman–Crippen LogP) is 0.121. The molecule has 12 heteroatoms. The second-order valence-electron chi connectivity index (χ2n) is 6.81. The third-order valence-electron chi connectivity index (χ3n) is 4.30. The van der Waals surface area contributed by atoms with E-state index < -0.39 is 50.3 Å². The van der Waals surface area contributed by atoms with Crippen molar-refractivity contribution in [3.8, 4) is 0 Å². The molecule has 0 bridgehead atoms. The molecule has 2 heterocycles. The Labute approximate surface area is 162 Å². The van der Waals surface area contributed by atoms with E-state index in [1.807, 2.05) is 13.8 Å². The molecule has 152 valence electrons. The summed E-state index contributed by atoms with van der Waals surface area (Å²) in [6.45, 7) is 4.01. The highest BCUT2D eigenvalue weighted by Gasteiger charge is 2.48. The molecule has 4 radical (unpaired) electrons. The van der Waals surface area contributed by atoms with Gasteiger partial charge in [0.25, 0.3) is 0 Å². The van der Waals surface area contributed by atoms with Crippen molar-refractivity contribution in [3.05, 3.63) is 0 Å². The maximum absolute atomic E-state index is 12.6. The summed E-state index contributed by atoms with van der Waals surface area (Å²) < 4.78 is 50.1. The van der Waals surface area contributed by atoms with Crippen LogP contribution in [0.15, 0.2) is 0 Å². The van der Waals surface area contributed by atoms with Gasteiger partial charge in [0.1, 0.15) is 40.1 Å². The lowest BCUT2D eigenvalue weighted by Gasteiger charge is -2.27. The van der Waals surface area contributed by atoms with Crippen LogP contribution in [0.2, 0.25) is 0 Å². The Morgan fingerprint density at radius 2 is 1.81 bits per heavy atom. The van der Waals surface area contributed by atoms with Crippen molar-refractivity contribution in [1.82, 2.24) is 0 Å². The molecular weight excluding hydrogens is 377 g/mol. The van der Waals surface area contributed by atoms with Gasteiger partial charge in [0, 0.05) is 26.2 Å². The van der Waals surface area contributed by atoms with E-state index in [2.05, 4.69) is 0 Å². The summed E-state index contributed by atoms with van der Waals surface area (Å²) in [5.41, 5.74) is 0. The molecule has 0 aromatic rings. The van der Waals surface area contributed by atoms with E-state index in [4.69, 9.17) is 48.4 Å². The van der Waals surface area contributed by atoms with Gasteiger partial charge in [-0.2, -0.15) is 0 Å². The molecule has 2 aliphatic heterocycles. The molecule has 2 fully saturated rings. The van der Waals surface area contributed by atoms with Gasteiger partial charge in [-0.05, 0) is 20.3 Å². The Kier molecular flexibility index (Phi) is 8.80. The average Bonchev–Trinajstić information content (AvgIpc) is 3.04. The van der Waals surface area contributed by atoms with E-state index in [0.717, 1.165) is 0 Å². The molecule has 0 aromatic heterocycles. The lowest BCUT2D eigenvalue weighted by molar-refractivity contribution is -0.0591. The number of methoxy groups -OCH3 is 2. The summed E-state index contributed by atoms with van der Waals surface area (Å²) in [4.78, 5) is 10.3. The quantitative estimate of drug-likeness (QED) is 0.402. The lowest BCUT2D eigenvalue weighted by atomic mass is 9.93. The first-order chi connectivity index (χ1) is 12.7. The topological polar surface area (TPSA) is 102 Å². The van der Waals surface area contributed by atoms with Crippen LogP contribution in [0, 0.1) is 0 Å². The van der Waals surface area contributed by atoms with Crippen LogP contribution in [-0.2, 0) is 37.3 Å². The third-order valence-corrected chi connectivity index (χ3v) is 5.34. The van der Waals surface area contributed by atoms with E-state index >= 15 is 0 Å². The Hall–Kier alpha value is 0.0399. The Bertz CT molecular complexity index is 512. The van der Waals surface area contributed by atoms with Gasteiger partial charge in [-0.1, -0.05) is 0 Å². The molecular formula is C15H27B2O9P. The van der Waals surface area contributed by atoms with Crippen LogP contribution < -0.4 is 0 Å². The van der Waals surface area contributed by atoms with Crippen molar-refractivity contribution in [2.45, 2.75) is 68.9 Å². The van der Waals surface area contributed by atoms with Crippen molar-refractivity contribution in [1.29, 1.82) is 0 Å². The van der Waals surface area contributed by atoms with Crippen LogP contribution in [0.25, 0.3) is 0 Å². The minimum Gasteiger partial charge on any atom is -0.382 e. The minimum absolute atomic E-state index is 0.0591. The summed E-state index contributed by atoms with van der Waals surface area (Å²) in [5.74, 6) is 0. The van der Waals surface area contributed by atoms with Gasteiger partial charge in [0.15, 0.2) is 0 Å². The van der Waals surface area contributed by atoms with Crippen molar-refractivity contribution < 1.29 is 42.2 Å². The minimum atomic E-state index is -4.50. The van der Waals surface area contributed by atoms with Crippen molar-refractivity contribution in [2.24, 2.45) is 0 Å².